The Bertz CT molecular complexity index is 548. The molecule has 0 amide bonds. The molecule has 2 aromatic heterocycles. The Labute approximate surface area is 105 Å². The largest absolute Gasteiger partial charge is 0.495 e. The first-order valence-corrected chi connectivity index (χ1v) is 5.94. The molecule has 94 valence electrons. The van der Waals surface area contributed by atoms with E-state index in [0.29, 0.717) is 6.04 Å². The number of nitrogens with one attached hydrogen (secondary N) is 1. The molecule has 0 aliphatic carbocycles. The van der Waals surface area contributed by atoms with Crippen molar-refractivity contribution >= 4 is 0 Å². The van der Waals surface area contributed by atoms with Crippen molar-refractivity contribution in [1.82, 2.24) is 25.1 Å². The molecule has 6 nitrogen and oxygen atoms in total. The summed E-state index contributed by atoms with van der Waals surface area (Å²) >= 11 is 0. The first-order valence-electron chi connectivity index (χ1n) is 5.94. The Hall–Kier alpha value is -1.95. The predicted octanol–water partition coefficient (Wildman–Crippen LogP) is 0.840. The number of nitrogens with zero attached hydrogens (tertiary/aromatic N) is 4. The molecule has 0 fully saturated rings. The van der Waals surface area contributed by atoms with Crippen LogP contribution in [0.2, 0.25) is 0 Å². The van der Waals surface area contributed by atoms with Gasteiger partial charge in [-0.2, -0.15) is 0 Å². The lowest BCUT2D eigenvalue weighted by Crippen LogP contribution is -2.36. The fourth-order valence-corrected chi connectivity index (χ4v) is 2.08. The quantitative estimate of drug-likeness (QED) is 0.849. The molecule has 2 aromatic rings. The number of fused-ring (bicyclic) bond motifs is 1. The highest BCUT2D eigenvalue weighted by atomic mass is 16.5. The summed E-state index contributed by atoms with van der Waals surface area (Å²) in [7, 11) is 1.63. The second kappa shape index (κ2) is 4.38. The fourth-order valence-electron chi connectivity index (χ4n) is 2.08. The van der Waals surface area contributed by atoms with Gasteiger partial charge in [0.1, 0.15) is 17.3 Å². The zero-order valence-corrected chi connectivity index (χ0v) is 10.4. The summed E-state index contributed by atoms with van der Waals surface area (Å²) in [6, 6.07) is 4.21. The van der Waals surface area contributed by atoms with E-state index in [9.17, 15) is 0 Å². The van der Waals surface area contributed by atoms with Crippen LogP contribution in [0.25, 0.3) is 11.5 Å². The molecule has 0 aromatic carbocycles. The maximum Gasteiger partial charge on any atom is 0.182 e. The maximum absolute atomic E-state index is 5.10. The van der Waals surface area contributed by atoms with Crippen LogP contribution in [-0.2, 0) is 13.1 Å². The normalized spacial score (nSPS) is 18.4. The maximum atomic E-state index is 5.10. The lowest BCUT2D eigenvalue weighted by molar-refractivity contribution is 0.410. The average molecular weight is 245 g/mol. The number of hydrogen-bond acceptors (Lipinski definition) is 5. The topological polar surface area (TPSA) is 64.9 Å². The number of pyridine rings is 1. The molecule has 0 saturated carbocycles. The summed E-state index contributed by atoms with van der Waals surface area (Å²) in [6.07, 6.45) is 1.70. The molecule has 1 atom stereocenters. The fraction of sp³-hybridized carbons (Fsp3) is 0.417. The third-order valence-electron chi connectivity index (χ3n) is 3.09. The van der Waals surface area contributed by atoms with Gasteiger partial charge in [0.25, 0.3) is 0 Å². The molecule has 1 aliphatic heterocycles. The van der Waals surface area contributed by atoms with Crippen molar-refractivity contribution in [2.75, 3.05) is 7.11 Å². The summed E-state index contributed by atoms with van der Waals surface area (Å²) in [4.78, 5) is 4.36. The molecule has 1 N–H and O–H groups in total. The van der Waals surface area contributed by atoms with Gasteiger partial charge in [-0.25, -0.2) is 4.98 Å². The first-order chi connectivity index (χ1) is 8.78. The van der Waals surface area contributed by atoms with Gasteiger partial charge in [-0.3, -0.25) is 0 Å². The second-order valence-corrected chi connectivity index (χ2v) is 4.42. The molecule has 0 radical (unpaired) electrons. The van der Waals surface area contributed by atoms with Gasteiger partial charge in [-0.1, -0.05) is 0 Å². The van der Waals surface area contributed by atoms with Crippen LogP contribution in [0.5, 0.6) is 5.75 Å². The highest BCUT2D eigenvalue weighted by Gasteiger charge is 2.20. The van der Waals surface area contributed by atoms with Gasteiger partial charge < -0.3 is 14.6 Å². The van der Waals surface area contributed by atoms with E-state index in [1.807, 2.05) is 12.1 Å². The van der Waals surface area contributed by atoms with Gasteiger partial charge in [-0.15, -0.1) is 10.2 Å². The molecule has 18 heavy (non-hydrogen) atoms. The molecular weight excluding hydrogens is 230 g/mol. The van der Waals surface area contributed by atoms with Crippen LogP contribution in [0.15, 0.2) is 18.3 Å². The summed E-state index contributed by atoms with van der Waals surface area (Å²) < 4.78 is 7.22. The smallest absolute Gasteiger partial charge is 0.182 e. The average Bonchev–Trinajstić information content (AvgIpc) is 2.82. The molecular formula is C12H15N5O. The van der Waals surface area contributed by atoms with E-state index in [2.05, 4.69) is 32.0 Å². The minimum atomic E-state index is 0.422. The Kier molecular flexibility index (Phi) is 2.71. The number of methoxy groups -OCH3 is 1. The molecule has 0 bridgehead atoms. The second-order valence-electron chi connectivity index (χ2n) is 4.42. The summed E-state index contributed by atoms with van der Waals surface area (Å²) in [5, 5.41) is 11.8. The highest BCUT2D eigenvalue weighted by Crippen LogP contribution is 2.20. The van der Waals surface area contributed by atoms with Crippen LogP contribution in [0, 0.1) is 0 Å². The van der Waals surface area contributed by atoms with Crippen molar-refractivity contribution < 1.29 is 4.74 Å². The number of ether oxygens (including phenoxy) is 1. The minimum Gasteiger partial charge on any atom is -0.495 e. The molecule has 3 rings (SSSR count). The highest BCUT2D eigenvalue weighted by molar-refractivity contribution is 5.50. The summed E-state index contributed by atoms with van der Waals surface area (Å²) in [5.74, 6) is 2.52. The molecule has 0 unspecified atom stereocenters. The van der Waals surface area contributed by atoms with Crippen molar-refractivity contribution in [3.8, 4) is 17.3 Å². The van der Waals surface area contributed by atoms with Crippen LogP contribution in [0.3, 0.4) is 0 Å². The van der Waals surface area contributed by atoms with Crippen molar-refractivity contribution in [1.29, 1.82) is 0 Å². The summed E-state index contributed by atoms with van der Waals surface area (Å²) in [6.45, 7) is 3.77. The first kappa shape index (κ1) is 11.2. The molecule has 1 aliphatic rings. The van der Waals surface area contributed by atoms with Crippen molar-refractivity contribution in [3.05, 3.63) is 24.2 Å². The van der Waals surface area contributed by atoms with Crippen LogP contribution in [0.1, 0.15) is 12.7 Å². The van der Waals surface area contributed by atoms with Crippen LogP contribution < -0.4 is 10.1 Å². The van der Waals surface area contributed by atoms with Gasteiger partial charge in [-0.05, 0) is 19.1 Å². The Morgan fingerprint density at radius 1 is 1.39 bits per heavy atom. The van der Waals surface area contributed by atoms with Gasteiger partial charge in [0.2, 0.25) is 0 Å². The zero-order valence-electron chi connectivity index (χ0n) is 10.4. The number of hydrogen-bond donors (Lipinski definition) is 1. The van der Waals surface area contributed by atoms with Gasteiger partial charge in [0.05, 0.1) is 19.9 Å². The van der Waals surface area contributed by atoms with E-state index in [4.69, 9.17) is 4.74 Å². The zero-order chi connectivity index (χ0) is 12.5. The monoisotopic (exact) mass is 245 g/mol. The number of aromatic nitrogens is 4. The van der Waals surface area contributed by atoms with Crippen molar-refractivity contribution in [3.63, 3.8) is 0 Å². The van der Waals surface area contributed by atoms with E-state index >= 15 is 0 Å². The van der Waals surface area contributed by atoms with Gasteiger partial charge in [0, 0.05) is 12.6 Å². The standard InChI is InChI=1S/C12H15N5O/c1-8-7-17-11(6-13-8)15-16-12(17)10-4-3-9(18-2)5-14-10/h3-5,8,13H,6-7H2,1-2H3/t8-/m0/s1. The van der Waals surface area contributed by atoms with Crippen molar-refractivity contribution in [2.24, 2.45) is 0 Å². The predicted molar refractivity (Wildman–Crippen MR) is 66.1 cm³/mol. The van der Waals surface area contributed by atoms with E-state index in [1.165, 1.54) is 0 Å². The van der Waals surface area contributed by atoms with E-state index < -0.39 is 0 Å². The van der Waals surface area contributed by atoms with E-state index in [-0.39, 0.29) is 0 Å². The van der Waals surface area contributed by atoms with Gasteiger partial charge >= 0.3 is 0 Å². The number of rotatable bonds is 2. The van der Waals surface area contributed by atoms with Crippen molar-refractivity contribution in [2.45, 2.75) is 26.1 Å². The van der Waals surface area contributed by atoms with Gasteiger partial charge in [0.15, 0.2) is 5.82 Å². The van der Waals surface area contributed by atoms with E-state index in [0.717, 1.165) is 36.2 Å². The van der Waals surface area contributed by atoms with Crippen LogP contribution in [0.4, 0.5) is 0 Å². The molecule has 0 spiro atoms. The minimum absolute atomic E-state index is 0.422. The van der Waals surface area contributed by atoms with E-state index in [1.54, 1.807) is 13.3 Å². The van der Waals surface area contributed by atoms with Crippen LogP contribution >= 0.6 is 0 Å². The third kappa shape index (κ3) is 1.84. The SMILES string of the molecule is COc1ccc(-c2nnc3n2C[C@H](C)NC3)nc1. The summed E-state index contributed by atoms with van der Waals surface area (Å²) in [5.41, 5.74) is 0.823. The Morgan fingerprint density at radius 2 is 2.28 bits per heavy atom. The van der Waals surface area contributed by atoms with Crippen LogP contribution in [-0.4, -0.2) is 32.9 Å². The third-order valence-corrected chi connectivity index (χ3v) is 3.09. The Balaban J connectivity index is 1.98. The molecule has 0 saturated heterocycles. The Morgan fingerprint density at radius 3 is 3.00 bits per heavy atom. The lowest BCUT2D eigenvalue weighted by Gasteiger charge is -2.22. The molecule has 6 heteroatoms. The molecule has 3 heterocycles. The lowest BCUT2D eigenvalue weighted by atomic mass is 10.2.